The van der Waals surface area contributed by atoms with Gasteiger partial charge in [0, 0.05) is 24.3 Å². The number of anilines is 1. The Morgan fingerprint density at radius 2 is 1.73 bits per heavy atom. The molecule has 0 bridgehead atoms. The molecular weight excluding hydrogens is 416 g/mol. The third-order valence-corrected chi connectivity index (χ3v) is 7.19. The van der Waals surface area contributed by atoms with Gasteiger partial charge in [0.2, 0.25) is 0 Å². The summed E-state index contributed by atoms with van der Waals surface area (Å²) in [7, 11) is 0. The molecule has 1 aliphatic carbocycles. The van der Waals surface area contributed by atoms with Crippen molar-refractivity contribution < 1.29 is 14.3 Å². The van der Waals surface area contributed by atoms with Crippen molar-refractivity contribution in [1.29, 1.82) is 5.26 Å². The lowest BCUT2D eigenvalue weighted by molar-refractivity contribution is 0.0657. The van der Waals surface area contributed by atoms with Crippen LogP contribution in [0.2, 0.25) is 0 Å². The first-order chi connectivity index (χ1) is 15.9. The number of amides is 3. The Morgan fingerprint density at radius 1 is 1.03 bits per heavy atom. The van der Waals surface area contributed by atoms with Crippen LogP contribution in [0.1, 0.15) is 62.3 Å². The SMILES string of the molecule is CC1(C)OC(=O)N(C2CCC(N3Cc4cc(C#N)ccc4NC3=O)CC2)C1c1ccccc1. The van der Waals surface area contributed by atoms with Gasteiger partial charge in [-0.25, -0.2) is 9.59 Å². The minimum Gasteiger partial charge on any atom is -0.441 e. The summed E-state index contributed by atoms with van der Waals surface area (Å²) in [5.74, 6) is 0. The Bertz CT molecular complexity index is 1120. The van der Waals surface area contributed by atoms with Crippen molar-refractivity contribution in [2.75, 3.05) is 5.32 Å². The van der Waals surface area contributed by atoms with Gasteiger partial charge in [0.05, 0.1) is 17.7 Å². The summed E-state index contributed by atoms with van der Waals surface area (Å²) >= 11 is 0. The molecule has 3 amide bonds. The highest BCUT2D eigenvalue weighted by atomic mass is 16.6. The number of rotatable bonds is 3. The Balaban J connectivity index is 1.31. The van der Waals surface area contributed by atoms with Crippen LogP contribution in [0.15, 0.2) is 48.5 Å². The van der Waals surface area contributed by atoms with Gasteiger partial charge in [-0.05, 0) is 68.9 Å². The van der Waals surface area contributed by atoms with Crippen LogP contribution in [0.3, 0.4) is 0 Å². The van der Waals surface area contributed by atoms with Gasteiger partial charge in [0.15, 0.2) is 0 Å². The normalized spacial score (nSPS) is 26.3. The van der Waals surface area contributed by atoms with Crippen LogP contribution < -0.4 is 5.32 Å². The second kappa shape index (κ2) is 8.11. The van der Waals surface area contributed by atoms with Crippen LogP contribution in [-0.4, -0.2) is 39.6 Å². The van der Waals surface area contributed by atoms with Crippen molar-refractivity contribution in [2.45, 2.75) is 69.8 Å². The van der Waals surface area contributed by atoms with Crippen molar-refractivity contribution in [3.05, 3.63) is 65.2 Å². The van der Waals surface area contributed by atoms with Gasteiger partial charge in [-0.3, -0.25) is 4.90 Å². The first-order valence-corrected chi connectivity index (χ1v) is 11.5. The number of nitrogens with zero attached hydrogens (tertiary/aromatic N) is 3. The highest BCUT2D eigenvalue weighted by molar-refractivity contribution is 5.92. The van der Waals surface area contributed by atoms with E-state index in [1.807, 2.05) is 47.9 Å². The average molecular weight is 445 g/mol. The number of hydrogen-bond acceptors (Lipinski definition) is 4. The van der Waals surface area contributed by atoms with E-state index in [4.69, 9.17) is 4.74 Å². The zero-order valence-electron chi connectivity index (χ0n) is 19.0. The van der Waals surface area contributed by atoms with Gasteiger partial charge in [-0.15, -0.1) is 0 Å². The van der Waals surface area contributed by atoms with Crippen molar-refractivity contribution in [2.24, 2.45) is 0 Å². The molecule has 3 aliphatic rings. The maximum absolute atomic E-state index is 12.9. The number of ether oxygens (including phenoxy) is 1. The Labute approximate surface area is 193 Å². The number of urea groups is 1. The lowest BCUT2D eigenvalue weighted by Gasteiger charge is -2.42. The zero-order valence-corrected chi connectivity index (χ0v) is 19.0. The molecule has 170 valence electrons. The Kier molecular flexibility index (Phi) is 5.24. The Morgan fingerprint density at radius 3 is 2.42 bits per heavy atom. The van der Waals surface area contributed by atoms with E-state index in [-0.39, 0.29) is 30.2 Å². The molecule has 5 rings (SSSR count). The molecule has 1 saturated heterocycles. The van der Waals surface area contributed by atoms with Crippen molar-refractivity contribution in [1.82, 2.24) is 9.80 Å². The largest absolute Gasteiger partial charge is 0.441 e. The first-order valence-electron chi connectivity index (χ1n) is 11.5. The van der Waals surface area contributed by atoms with E-state index in [1.54, 1.807) is 12.1 Å². The molecule has 2 aromatic carbocycles. The standard InChI is InChI=1S/C26H28N4O3/c1-26(2)23(18-6-4-3-5-7-18)30(25(32)33-26)21-11-9-20(10-12-21)29-16-19-14-17(15-27)8-13-22(19)28-24(29)31/h3-8,13-14,20-21,23H,9-12,16H2,1-2H3,(H,28,31). The van der Waals surface area contributed by atoms with E-state index in [2.05, 4.69) is 23.5 Å². The minimum atomic E-state index is -0.607. The number of benzene rings is 2. The van der Waals surface area contributed by atoms with Crippen LogP contribution in [0.25, 0.3) is 0 Å². The average Bonchev–Trinajstić information content (AvgIpc) is 3.07. The van der Waals surface area contributed by atoms with Crippen LogP contribution in [-0.2, 0) is 11.3 Å². The Hall–Kier alpha value is -3.53. The van der Waals surface area contributed by atoms with Crippen molar-refractivity contribution >= 4 is 17.8 Å². The monoisotopic (exact) mass is 444 g/mol. The summed E-state index contributed by atoms with van der Waals surface area (Å²) in [5, 5.41) is 12.2. The van der Waals surface area contributed by atoms with Crippen LogP contribution in [0.4, 0.5) is 15.3 Å². The second-order valence-corrected chi connectivity index (χ2v) is 9.70. The van der Waals surface area contributed by atoms with E-state index in [1.165, 1.54) is 0 Å². The maximum atomic E-state index is 12.9. The highest BCUT2D eigenvalue weighted by Crippen LogP contribution is 2.45. The summed E-state index contributed by atoms with van der Waals surface area (Å²) < 4.78 is 5.79. The summed E-state index contributed by atoms with van der Waals surface area (Å²) in [4.78, 5) is 29.5. The van der Waals surface area contributed by atoms with Gasteiger partial charge >= 0.3 is 12.1 Å². The number of carbonyl (C=O) groups is 2. The summed E-state index contributed by atoms with van der Waals surface area (Å²) in [6.45, 7) is 4.44. The summed E-state index contributed by atoms with van der Waals surface area (Å²) in [5.41, 5.74) is 2.80. The molecule has 1 saturated carbocycles. The third-order valence-electron chi connectivity index (χ3n) is 7.19. The molecule has 2 heterocycles. The van der Waals surface area contributed by atoms with Crippen LogP contribution in [0, 0.1) is 11.3 Å². The highest BCUT2D eigenvalue weighted by Gasteiger charge is 2.51. The molecule has 7 nitrogen and oxygen atoms in total. The van der Waals surface area contributed by atoms with E-state index in [0.717, 1.165) is 42.5 Å². The van der Waals surface area contributed by atoms with Crippen molar-refractivity contribution in [3.63, 3.8) is 0 Å². The molecule has 7 heteroatoms. The van der Waals surface area contributed by atoms with Gasteiger partial charge in [0.25, 0.3) is 0 Å². The molecule has 0 spiro atoms. The van der Waals surface area contributed by atoms with Gasteiger partial charge in [-0.1, -0.05) is 30.3 Å². The number of nitrogens with one attached hydrogen (secondary N) is 1. The zero-order chi connectivity index (χ0) is 23.2. The van der Waals surface area contributed by atoms with Gasteiger partial charge < -0.3 is 15.0 Å². The fourth-order valence-electron chi connectivity index (χ4n) is 5.63. The molecular formula is C26H28N4O3. The summed E-state index contributed by atoms with van der Waals surface area (Å²) in [6.07, 6.45) is 3.00. The smallest absolute Gasteiger partial charge is 0.411 e. The molecule has 1 atom stereocenters. The van der Waals surface area contributed by atoms with E-state index >= 15 is 0 Å². The number of hydrogen-bond donors (Lipinski definition) is 1. The molecule has 1 unspecified atom stereocenters. The van der Waals surface area contributed by atoms with Gasteiger partial charge in [-0.2, -0.15) is 5.26 Å². The quantitative estimate of drug-likeness (QED) is 0.706. The molecule has 0 radical (unpaired) electrons. The fraction of sp³-hybridized carbons (Fsp3) is 0.423. The molecule has 33 heavy (non-hydrogen) atoms. The molecule has 2 aromatic rings. The molecule has 0 aromatic heterocycles. The predicted octanol–water partition coefficient (Wildman–Crippen LogP) is 5.19. The van der Waals surface area contributed by atoms with Gasteiger partial charge in [0.1, 0.15) is 5.60 Å². The lowest BCUT2D eigenvalue weighted by Crippen LogP contribution is -2.49. The maximum Gasteiger partial charge on any atom is 0.411 e. The van der Waals surface area contributed by atoms with Crippen LogP contribution in [0.5, 0.6) is 0 Å². The van der Waals surface area contributed by atoms with E-state index in [9.17, 15) is 14.9 Å². The fourth-order valence-corrected chi connectivity index (χ4v) is 5.63. The first kappa shape index (κ1) is 21.3. The molecule has 2 fully saturated rings. The van der Waals surface area contributed by atoms with Crippen LogP contribution >= 0.6 is 0 Å². The van der Waals surface area contributed by atoms with Crippen molar-refractivity contribution in [3.8, 4) is 6.07 Å². The van der Waals surface area contributed by atoms with E-state index < -0.39 is 5.60 Å². The number of cyclic esters (lactones) is 1. The minimum absolute atomic E-state index is 0.0751. The predicted molar refractivity (Wildman–Crippen MR) is 123 cm³/mol. The molecule has 2 aliphatic heterocycles. The second-order valence-electron chi connectivity index (χ2n) is 9.70. The summed E-state index contributed by atoms with van der Waals surface area (Å²) in [6, 6.07) is 17.5. The molecule has 1 N–H and O–H groups in total. The number of fused-ring (bicyclic) bond motifs is 1. The van der Waals surface area contributed by atoms with E-state index in [0.29, 0.717) is 12.1 Å². The number of carbonyl (C=O) groups excluding carboxylic acids is 2. The third kappa shape index (κ3) is 3.80. The number of nitriles is 1. The lowest BCUT2D eigenvalue weighted by atomic mass is 9.85. The topological polar surface area (TPSA) is 85.7 Å².